The number of rotatable bonds is 5. The van der Waals surface area contributed by atoms with Gasteiger partial charge in [0.05, 0.1) is 6.54 Å². The molecule has 0 spiro atoms. The van der Waals surface area contributed by atoms with E-state index < -0.39 is 5.54 Å². The van der Waals surface area contributed by atoms with Crippen LogP contribution in [0.2, 0.25) is 0 Å². The van der Waals surface area contributed by atoms with Crippen molar-refractivity contribution >= 4 is 11.8 Å². The van der Waals surface area contributed by atoms with Crippen LogP contribution in [-0.2, 0) is 9.59 Å². The minimum absolute atomic E-state index is 0.0897. The Balaban J connectivity index is 2.29. The van der Waals surface area contributed by atoms with Crippen molar-refractivity contribution in [1.29, 1.82) is 0 Å². The molecule has 1 fully saturated rings. The van der Waals surface area contributed by atoms with E-state index in [1.807, 2.05) is 0 Å². The summed E-state index contributed by atoms with van der Waals surface area (Å²) in [7, 11) is 1.63. The monoisotopic (exact) mass is 227 g/mol. The summed E-state index contributed by atoms with van der Waals surface area (Å²) >= 11 is 0. The van der Waals surface area contributed by atoms with E-state index in [1.54, 1.807) is 20.9 Å². The summed E-state index contributed by atoms with van der Waals surface area (Å²) in [6.07, 6.45) is 2.36. The smallest absolute Gasteiger partial charge is 0.239 e. The lowest BCUT2D eigenvalue weighted by atomic mass is 10.0. The number of nitrogens with zero attached hydrogens (tertiary/aromatic N) is 1. The summed E-state index contributed by atoms with van der Waals surface area (Å²) in [5.74, 6) is -0.188. The Labute approximate surface area is 96.4 Å². The topological polar surface area (TPSA) is 75.4 Å². The highest BCUT2D eigenvalue weighted by atomic mass is 16.2. The zero-order valence-corrected chi connectivity index (χ0v) is 10.2. The van der Waals surface area contributed by atoms with E-state index in [-0.39, 0.29) is 24.8 Å². The molecule has 0 aliphatic heterocycles. The lowest BCUT2D eigenvalue weighted by Gasteiger charge is -2.22. The maximum atomic E-state index is 11.7. The first-order valence-electron chi connectivity index (χ1n) is 5.60. The van der Waals surface area contributed by atoms with E-state index >= 15 is 0 Å². The molecule has 5 nitrogen and oxygen atoms in total. The van der Waals surface area contributed by atoms with Gasteiger partial charge >= 0.3 is 0 Å². The fourth-order valence-corrected chi connectivity index (χ4v) is 1.33. The Kier molecular flexibility index (Phi) is 3.91. The van der Waals surface area contributed by atoms with Crippen LogP contribution < -0.4 is 11.1 Å². The molecule has 0 aromatic heterocycles. The summed E-state index contributed by atoms with van der Waals surface area (Å²) < 4.78 is 0. The number of hydrogen-bond acceptors (Lipinski definition) is 3. The summed E-state index contributed by atoms with van der Waals surface area (Å²) in [4.78, 5) is 24.5. The molecular weight excluding hydrogens is 206 g/mol. The predicted molar refractivity (Wildman–Crippen MR) is 61.7 cm³/mol. The largest absolute Gasteiger partial charge is 0.352 e. The molecule has 0 atom stereocenters. The Morgan fingerprint density at radius 2 is 2.00 bits per heavy atom. The van der Waals surface area contributed by atoms with Gasteiger partial charge in [-0.05, 0) is 26.7 Å². The average molecular weight is 227 g/mol. The second kappa shape index (κ2) is 4.82. The molecule has 1 aliphatic carbocycles. The van der Waals surface area contributed by atoms with Gasteiger partial charge in [0.1, 0.15) is 0 Å². The summed E-state index contributed by atoms with van der Waals surface area (Å²) in [5.41, 5.74) is 5.22. The van der Waals surface area contributed by atoms with Crippen molar-refractivity contribution < 1.29 is 9.59 Å². The molecule has 0 saturated heterocycles. The first-order chi connectivity index (χ1) is 7.28. The second-order valence-corrected chi connectivity index (χ2v) is 5.26. The number of hydrogen-bond donors (Lipinski definition) is 2. The van der Waals surface area contributed by atoms with Crippen LogP contribution in [0, 0.1) is 0 Å². The van der Waals surface area contributed by atoms with Crippen LogP contribution >= 0.6 is 0 Å². The molecule has 0 radical (unpaired) electrons. The molecule has 2 amide bonds. The van der Waals surface area contributed by atoms with Crippen LogP contribution in [0.15, 0.2) is 0 Å². The van der Waals surface area contributed by atoms with Crippen molar-refractivity contribution in [3.63, 3.8) is 0 Å². The lowest BCUT2D eigenvalue weighted by Crippen LogP contribution is -2.43. The van der Waals surface area contributed by atoms with E-state index in [4.69, 9.17) is 5.73 Å². The van der Waals surface area contributed by atoms with Gasteiger partial charge in [-0.3, -0.25) is 9.59 Å². The third-order valence-corrected chi connectivity index (χ3v) is 2.36. The predicted octanol–water partition coefficient (Wildman–Crippen LogP) is -0.149. The van der Waals surface area contributed by atoms with Crippen molar-refractivity contribution in [2.24, 2.45) is 5.73 Å². The molecular formula is C11H21N3O2. The lowest BCUT2D eigenvalue weighted by molar-refractivity contribution is -0.135. The zero-order chi connectivity index (χ0) is 12.3. The minimum Gasteiger partial charge on any atom is -0.352 e. The van der Waals surface area contributed by atoms with Gasteiger partial charge in [-0.1, -0.05) is 0 Å². The number of nitrogens with two attached hydrogens (primary N) is 1. The van der Waals surface area contributed by atoms with Crippen LogP contribution in [0.3, 0.4) is 0 Å². The van der Waals surface area contributed by atoms with Crippen molar-refractivity contribution in [3.8, 4) is 0 Å². The molecule has 16 heavy (non-hydrogen) atoms. The van der Waals surface area contributed by atoms with Gasteiger partial charge < -0.3 is 16.0 Å². The summed E-state index contributed by atoms with van der Waals surface area (Å²) in [6, 6.07) is 0.335. The first-order valence-corrected chi connectivity index (χ1v) is 5.60. The summed E-state index contributed by atoms with van der Waals surface area (Å²) in [6.45, 7) is 3.71. The standard InChI is InChI=1S/C11H21N3O2/c1-11(2,12)6-10(16)14(3)7-9(15)13-8-4-5-8/h8H,4-7,12H2,1-3H3,(H,13,15). The number of likely N-dealkylation sites (N-methyl/N-ethyl adjacent to an activating group) is 1. The fourth-order valence-electron chi connectivity index (χ4n) is 1.33. The Morgan fingerprint density at radius 1 is 1.44 bits per heavy atom. The van der Waals surface area contributed by atoms with Crippen molar-refractivity contribution in [3.05, 3.63) is 0 Å². The third-order valence-electron chi connectivity index (χ3n) is 2.36. The van der Waals surface area contributed by atoms with Crippen LogP contribution in [0.25, 0.3) is 0 Å². The zero-order valence-electron chi connectivity index (χ0n) is 10.2. The number of amides is 2. The number of carbonyl (C=O) groups is 2. The van der Waals surface area contributed by atoms with Crippen LogP contribution in [0.1, 0.15) is 33.1 Å². The Hall–Kier alpha value is -1.10. The maximum Gasteiger partial charge on any atom is 0.239 e. The second-order valence-electron chi connectivity index (χ2n) is 5.26. The van der Waals surface area contributed by atoms with E-state index in [9.17, 15) is 9.59 Å². The van der Waals surface area contributed by atoms with Crippen LogP contribution in [0.4, 0.5) is 0 Å². The highest BCUT2D eigenvalue weighted by molar-refractivity contribution is 5.85. The molecule has 0 aromatic rings. The van der Waals surface area contributed by atoms with Gasteiger partial charge in [-0.2, -0.15) is 0 Å². The normalized spacial score (nSPS) is 15.8. The van der Waals surface area contributed by atoms with Gasteiger partial charge in [-0.15, -0.1) is 0 Å². The fraction of sp³-hybridized carbons (Fsp3) is 0.818. The van der Waals surface area contributed by atoms with Crippen molar-refractivity contribution in [2.75, 3.05) is 13.6 Å². The van der Waals surface area contributed by atoms with E-state index in [1.165, 1.54) is 4.90 Å². The third kappa shape index (κ3) is 5.11. The van der Waals surface area contributed by atoms with Gasteiger partial charge in [-0.25, -0.2) is 0 Å². The molecule has 5 heteroatoms. The van der Waals surface area contributed by atoms with E-state index in [2.05, 4.69) is 5.32 Å². The van der Waals surface area contributed by atoms with Gasteiger partial charge in [0.15, 0.2) is 0 Å². The maximum absolute atomic E-state index is 11.7. The average Bonchev–Trinajstić information content (AvgIpc) is 2.84. The van der Waals surface area contributed by atoms with Crippen molar-refractivity contribution in [1.82, 2.24) is 10.2 Å². The molecule has 0 bridgehead atoms. The number of carbonyl (C=O) groups excluding carboxylic acids is 2. The Morgan fingerprint density at radius 3 is 2.44 bits per heavy atom. The molecule has 1 rings (SSSR count). The molecule has 0 unspecified atom stereocenters. The quantitative estimate of drug-likeness (QED) is 0.686. The summed E-state index contributed by atoms with van der Waals surface area (Å²) in [5, 5.41) is 2.84. The van der Waals surface area contributed by atoms with Gasteiger partial charge in [0.2, 0.25) is 11.8 Å². The highest BCUT2D eigenvalue weighted by Crippen LogP contribution is 2.18. The molecule has 1 aliphatic rings. The molecule has 0 heterocycles. The SMILES string of the molecule is CN(CC(=O)NC1CC1)C(=O)CC(C)(C)N. The van der Waals surface area contributed by atoms with Gasteiger partial charge in [0, 0.05) is 25.0 Å². The van der Waals surface area contributed by atoms with Gasteiger partial charge in [0.25, 0.3) is 0 Å². The molecule has 1 saturated carbocycles. The highest BCUT2D eigenvalue weighted by Gasteiger charge is 2.25. The molecule has 92 valence electrons. The Bertz CT molecular complexity index is 279. The van der Waals surface area contributed by atoms with Crippen LogP contribution in [0.5, 0.6) is 0 Å². The first kappa shape index (κ1) is 13.0. The minimum atomic E-state index is -0.529. The van der Waals surface area contributed by atoms with Crippen molar-refractivity contribution in [2.45, 2.75) is 44.7 Å². The van der Waals surface area contributed by atoms with E-state index in [0.29, 0.717) is 6.04 Å². The van der Waals surface area contributed by atoms with E-state index in [0.717, 1.165) is 12.8 Å². The van der Waals surface area contributed by atoms with Crippen LogP contribution in [-0.4, -0.2) is 41.9 Å². The molecule has 0 aromatic carbocycles. The number of nitrogens with one attached hydrogen (secondary N) is 1. The molecule has 3 N–H and O–H groups in total.